The van der Waals surface area contributed by atoms with Crippen LogP contribution in [0.2, 0.25) is 0 Å². The van der Waals surface area contributed by atoms with Crippen LogP contribution in [0.15, 0.2) is 46.2 Å². The van der Waals surface area contributed by atoms with Crippen molar-refractivity contribution < 1.29 is 10.4 Å². The highest BCUT2D eigenvalue weighted by atomic mass is 16.5. The molecule has 0 saturated heterocycles. The van der Waals surface area contributed by atoms with Gasteiger partial charge in [-0.25, -0.2) is 0 Å². The van der Waals surface area contributed by atoms with Gasteiger partial charge in [0.2, 0.25) is 0 Å². The van der Waals surface area contributed by atoms with E-state index in [4.69, 9.17) is 0 Å². The van der Waals surface area contributed by atoms with Gasteiger partial charge in [-0.15, -0.1) is 0 Å². The number of pyridine rings is 2. The van der Waals surface area contributed by atoms with Gasteiger partial charge >= 0.3 is 0 Å². The van der Waals surface area contributed by atoms with Crippen molar-refractivity contribution in [1.29, 1.82) is 0 Å². The molecule has 6 nitrogen and oxygen atoms in total. The van der Waals surface area contributed by atoms with Crippen molar-refractivity contribution in [3.8, 4) is 11.4 Å². The molecule has 0 fully saturated rings. The van der Waals surface area contributed by atoms with Crippen LogP contribution in [0.5, 0.6) is 0 Å². The molecule has 2 aromatic heterocycles. The molecule has 6 heteroatoms. The summed E-state index contributed by atoms with van der Waals surface area (Å²) in [5, 5.41) is 18.9. The first kappa shape index (κ1) is 10.0. The number of hydrogen-bond donors (Lipinski definition) is 2. The molecule has 0 spiro atoms. The molecular weight excluding hydrogens is 212 g/mol. The number of hydrogen-bond acceptors (Lipinski definition) is 4. The van der Waals surface area contributed by atoms with Gasteiger partial charge in [-0.05, 0) is 0 Å². The van der Waals surface area contributed by atoms with Crippen molar-refractivity contribution in [2.75, 3.05) is 0 Å². The van der Waals surface area contributed by atoms with Gasteiger partial charge in [-0.3, -0.25) is 9.59 Å². The lowest BCUT2D eigenvalue weighted by atomic mass is 10.2. The average Bonchev–Trinajstić information content (AvgIpc) is 2.25. The minimum Gasteiger partial charge on any atom is -0.428 e. The maximum Gasteiger partial charge on any atom is 0.182 e. The molecule has 16 heavy (non-hydrogen) atoms. The van der Waals surface area contributed by atoms with E-state index >= 15 is 0 Å². The molecule has 0 radical (unpaired) electrons. The first-order valence-electron chi connectivity index (χ1n) is 4.42. The minimum absolute atomic E-state index is 0.0349. The summed E-state index contributed by atoms with van der Waals surface area (Å²) in [6.07, 6.45) is 2.27. The Kier molecular flexibility index (Phi) is 2.24. The highest BCUT2D eigenvalue weighted by Crippen LogP contribution is 2.13. The molecule has 0 aliphatic heterocycles. The third-order valence-electron chi connectivity index (χ3n) is 2.07. The molecule has 0 aromatic carbocycles. The van der Waals surface area contributed by atoms with E-state index in [0.717, 1.165) is 36.7 Å². The van der Waals surface area contributed by atoms with E-state index in [1.54, 1.807) is 0 Å². The van der Waals surface area contributed by atoms with Crippen LogP contribution in [0, 0.1) is 0 Å². The van der Waals surface area contributed by atoms with Gasteiger partial charge in [0, 0.05) is 36.7 Å². The van der Waals surface area contributed by atoms with Gasteiger partial charge in [0.1, 0.15) is 11.4 Å². The van der Waals surface area contributed by atoms with E-state index in [-0.39, 0.29) is 22.2 Å². The Labute approximate surface area is 89.2 Å². The fraction of sp³-hybridized carbons (Fsp3) is 0. The van der Waals surface area contributed by atoms with Crippen molar-refractivity contribution in [2.45, 2.75) is 0 Å². The number of rotatable bonds is 1. The van der Waals surface area contributed by atoms with Crippen LogP contribution in [-0.2, 0) is 0 Å². The zero-order valence-corrected chi connectivity index (χ0v) is 8.07. The van der Waals surface area contributed by atoms with Crippen molar-refractivity contribution >= 4 is 0 Å². The molecule has 0 bridgehead atoms. The van der Waals surface area contributed by atoms with Crippen LogP contribution in [0.4, 0.5) is 0 Å². The fourth-order valence-corrected chi connectivity index (χ4v) is 1.33. The first-order chi connectivity index (χ1) is 7.58. The second-order valence-corrected chi connectivity index (χ2v) is 3.18. The Balaban J connectivity index is 2.76. The Morgan fingerprint density at radius 2 is 1.19 bits per heavy atom. The molecule has 0 aliphatic rings. The second kappa shape index (κ2) is 3.58. The Morgan fingerprint density at radius 1 is 0.812 bits per heavy atom. The van der Waals surface area contributed by atoms with Gasteiger partial charge in [0.15, 0.2) is 10.9 Å². The van der Waals surface area contributed by atoms with Crippen LogP contribution in [0.3, 0.4) is 0 Å². The van der Waals surface area contributed by atoms with Crippen molar-refractivity contribution in [2.24, 2.45) is 0 Å². The molecule has 0 aliphatic carbocycles. The van der Waals surface area contributed by atoms with E-state index in [1.807, 2.05) is 0 Å². The number of aromatic nitrogens is 2. The van der Waals surface area contributed by atoms with Crippen molar-refractivity contribution in [1.82, 2.24) is 9.46 Å². The summed E-state index contributed by atoms with van der Waals surface area (Å²) in [6, 6.07) is 4.54. The van der Waals surface area contributed by atoms with Gasteiger partial charge in [-0.2, -0.15) is 9.46 Å². The third-order valence-corrected chi connectivity index (χ3v) is 2.07. The van der Waals surface area contributed by atoms with E-state index in [9.17, 15) is 20.0 Å². The predicted octanol–water partition coefficient (Wildman–Crippen LogP) is 0.152. The molecule has 2 aromatic rings. The largest absolute Gasteiger partial charge is 0.428 e. The SMILES string of the molecule is O=c1ccn(O)c(-c2cc(=O)ccn2O)c1. The topological polar surface area (TPSA) is 84.5 Å². The summed E-state index contributed by atoms with van der Waals surface area (Å²) in [5.74, 6) is 0. The molecule has 0 unspecified atom stereocenters. The van der Waals surface area contributed by atoms with Crippen LogP contribution in [0.1, 0.15) is 0 Å². The molecule has 0 saturated carbocycles. The van der Waals surface area contributed by atoms with Crippen LogP contribution >= 0.6 is 0 Å². The van der Waals surface area contributed by atoms with Gasteiger partial charge in [0.05, 0.1) is 0 Å². The summed E-state index contributed by atoms with van der Waals surface area (Å²) in [7, 11) is 0. The predicted molar refractivity (Wildman–Crippen MR) is 54.8 cm³/mol. The smallest absolute Gasteiger partial charge is 0.182 e. The Bertz CT molecular complexity index is 584. The maximum atomic E-state index is 11.1. The fourth-order valence-electron chi connectivity index (χ4n) is 1.33. The zero-order valence-electron chi connectivity index (χ0n) is 8.07. The number of nitrogens with zero attached hydrogens (tertiary/aromatic N) is 2. The normalized spacial score (nSPS) is 10.2. The lowest BCUT2D eigenvalue weighted by Gasteiger charge is -2.08. The molecule has 2 N–H and O–H groups in total. The second-order valence-electron chi connectivity index (χ2n) is 3.18. The van der Waals surface area contributed by atoms with Crippen LogP contribution in [0.25, 0.3) is 11.4 Å². The maximum absolute atomic E-state index is 11.1. The monoisotopic (exact) mass is 220 g/mol. The summed E-state index contributed by atoms with van der Waals surface area (Å²) in [6.45, 7) is 0. The van der Waals surface area contributed by atoms with Gasteiger partial charge in [0.25, 0.3) is 0 Å². The lowest BCUT2D eigenvalue weighted by molar-refractivity contribution is 0.172. The zero-order chi connectivity index (χ0) is 11.7. The standard InChI is InChI=1S/C10H8N2O4/c13-7-1-3-11(15)9(5-7)10-6-8(14)2-4-12(10)16/h1-6,15-16H. The van der Waals surface area contributed by atoms with E-state index in [2.05, 4.69) is 0 Å². The molecular formula is C10H8N2O4. The van der Waals surface area contributed by atoms with E-state index < -0.39 is 0 Å². The summed E-state index contributed by atoms with van der Waals surface area (Å²) in [5.41, 5.74) is -0.603. The minimum atomic E-state index is -0.336. The Morgan fingerprint density at radius 3 is 1.56 bits per heavy atom. The molecule has 0 amide bonds. The lowest BCUT2D eigenvalue weighted by Crippen LogP contribution is -2.12. The molecule has 0 atom stereocenters. The van der Waals surface area contributed by atoms with E-state index in [1.165, 1.54) is 0 Å². The molecule has 82 valence electrons. The molecule has 2 rings (SSSR count). The third kappa shape index (κ3) is 1.68. The first-order valence-corrected chi connectivity index (χ1v) is 4.42. The highest BCUT2D eigenvalue weighted by Gasteiger charge is 2.08. The quantitative estimate of drug-likeness (QED) is 0.670. The van der Waals surface area contributed by atoms with E-state index in [0.29, 0.717) is 9.46 Å². The van der Waals surface area contributed by atoms with Gasteiger partial charge in [-0.1, -0.05) is 0 Å². The highest BCUT2D eigenvalue weighted by molar-refractivity contribution is 5.54. The average molecular weight is 220 g/mol. The van der Waals surface area contributed by atoms with Crippen LogP contribution < -0.4 is 10.9 Å². The summed E-state index contributed by atoms with van der Waals surface area (Å²) in [4.78, 5) is 22.2. The Hall–Kier alpha value is -2.50. The molecule has 2 heterocycles. The summed E-state index contributed by atoms with van der Waals surface area (Å²) >= 11 is 0. The van der Waals surface area contributed by atoms with Crippen LogP contribution in [-0.4, -0.2) is 19.9 Å². The van der Waals surface area contributed by atoms with Gasteiger partial charge < -0.3 is 10.4 Å². The summed E-state index contributed by atoms with van der Waals surface area (Å²) < 4.78 is 1.31. The van der Waals surface area contributed by atoms with Crippen molar-refractivity contribution in [3.63, 3.8) is 0 Å². The van der Waals surface area contributed by atoms with Crippen molar-refractivity contribution in [3.05, 3.63) is 57.1 Å².